The molecular formula is C18H34O2. The van der Waals surface area contributed by atoms with Gasteiger partial charge in [0.2, 0.25) is 0 Å². The van der Waals surface area contributed by atoms with E-state index in [-0.39, 0.29) is 0 Å². The number of aliphatic carboxylic acids is 1. The third-order valence-electron chi connectivity index (χ3n) is 1.05. The molecule has 0 aromatic carbocycles. The van der Waals surface area contributed by atoms with E-state index in [0.717, 1.165) is 0 Å². The lowest BCUT2D eigenvalue weighted by atomic mass is 10.1. The van der Waals surface area contributed by atoms with Gasteiger partial charge in [-0.2, -0.15) is 0 Å². The predicted molar refractivity (Wildman–Crippen MR) is 87.1 cm³/mol. The molecule has 2 heteroatoms. The van der Waals surface area contributed by atoms with Gasteiger partial charge in [0.1, 0.15) is 0 Å². The van der Waals surface area contributed by atoms with Gasteiger partial charge in [-0.1, -0.05) is 70.0 Å². The lowest BCUT2D eigenvalue weighted by Gasteiger charge is -1.99. The Balaban J connectivity index is 7.67. The molecule has 0 rings (SSSR count). The van der Waals surface area contributed by atoms with E-state index < -0.39 is 114 Å². The first-order chi connectivity index (χ1) is 22.0. The normalized spacial score (nSPS) is 46.0. The van der Waals surface area contributed by atoms with Crippen molar-refractivity contribution in [1.29, 1.82) is 0 Å². The van der Waals surface area contributed by atoms with E-state index in [0.29, 0.717) is 0 Å². The molecule has 0 bridgehead atoms. The second kappa shape index (κ2) is 16.3. The summed E-state index contributed by atoms with van der Waals surface area (Å²) in [7, 11) is 0. The van der Waals surface area contributed by atoms with Crippen molar-refractivity contribution in [3.05, 3.63) is 12.1 Å². The molecule has 118 valence electrons. The molecule has 0 aliphatic heterocycles. The number of hydrogen-bond donors (Lipinski definition) is 1. The van der Waals surface area contributed by atoms with Crippen LogP contribution in [-0.4, -0.2) is 11.1 Å². The average Bonchev–Trinajstić information content (AvgIpc) is 2.94. The quantitative estimate of drug-likeness (QED) is 0.370. The second-order valence-electron chi connectivity index (χ2n) is 2.32. The average molecular weight is 315 g/mol. The molecule has 0 saturated carbocycles. The molecule has 0 aromatic rings. The number of rotatable bonds is 15. The first-order valence-electron chi connectivity index (χ1n) is 20.9. The number of hydrogen-bond acceptors (Lipinski definition) is 1. The Morgan fingerprint density at radius 3 is 2.00 bits per heavy atom. The smallest absolute Gasteiger partial charge is 0.303 e. The SMILES string of the molecule is [2H]/C(=C(\[2H])C([2H])([2H])C([2H])([2H])C([2H])([2H])C([2H])([2H])C([2H])([2H])C([2H])([2H])C([2H])([2H])C([2H])[2H])C([2H])([2H])C([2H])([2H])C([2H])([2H])C([2H])([2H])C([2H])([2H])C([2H])([2H])C([2H])([2H])C(=O)O. The molecule has 0 saturated heterocycles. The van der Waals surface area contributed by atoms with Crippen LogP contribution in [0.25, 0.3) is 0 Å². The van der Waals surface area contributed by atoms with E-state index in [1.54, 1.807) is 0 Å². The number of carbonyl (C=O) groups is 1. The Kier molecular flexibility index (Phi) is 2.05. The minimum atomic E-state index is -4.90. The third-order valence-corrected chi connectivity index (χ3v) is 1.05. The summed E-state index contributed by atoms with van der Waals surface area (Å²) in [6.07, 6.45) is -65.2. The molecule has 0 aliphatic carbocycles. The summed E-state index contributed by atoms with van der Waals surface area (Å²) in [5.41, 5.74) is 0. The van der Waals surface area contributed by atoms with Crippen molar-refractivity contribution in [3.8, 4) is 0 Å². The van der Waals surface area contributed by atoms with Gasteiger partial charge in [-0.25, -0.2) is 0 Å². The van der Waals surface area contributed by atoms with Crippen LogP contribution in [0.2, 0.25) is 0 Å². The molecule has 0 aromatic heterocycles. The zero-order valence-electron chi connectivity index (χ0n) is 41.9. The van der Waals surface area contributed by atoms with Crippen LogP contribution in [0.5, 0.6) is 0 Å². The number of carboxylic acids is 1. The second-order valence-corrected chi connectivity index (χ2v) is 2.32. The van der Waals surface area contributed by atoms with E-state index in [4.69, 9.17) is 49.0 Å². The summed E-state index contributed by atoms with van der Waals surface area (Å²) in [5.74, 6) is -2.74. The number of carboxylic acid groups (broad SMARTS) is 1. The van der Waals surface area contributed by atoms with E-state index in [2.05, 4.69) is 0 Å². The van der Waals surface area contributed by atoms with Gasteiger partial charge < -0.3 is 5.11 Å². The van der Waals surface area contributed by atoms with Crippen LogP contribution >= 0.6 is 0 Å². The molecule has 20 heavy (non-hydrogen) atoms. The fraction of sp³-hybridized carbons (Fsp3) is 0.833. The van der Waals surface area contributed by atoms with Crippen LogP contribution in [-0.2, 0) is 4.79 Å². The zero-order chi connectivity index (χ0) is 43.3. The largest absolute Gasteiger partial charge is 0.481 e. The standard InChI is InChI=1S/C18H34O2/c1-2-3-4-5-6-7-8-9-10-11-12-13-14-15-16-17-18(19)20/h9-10H,2-8,11-17H2,1H3,(H,19,20)/b10-9-/i1D2,2D2,3D2,4D2,5D2,6D2,7D2,8D2,9D,10D,11D2,12D2,13D2,14D2,15D2,16D2,17D2. The highest BCUT2D eigenvalue weighted by Crippen LogP contribution is 2.09. The first kappa shape index (κ1) is 2.53. The maximum atomic E-state index is 11.3. The van der Waals surface area contributed by atoms with Crippen molar-refractivity contribution in [3.63, 3.8) is 0 Å². The van der Waals surface area contributed by atoms with Crippen molar-refractivity contribution >= 4 is 5.97 Å². The monoisotopic (exact) mass is 314 g/mol. The molecule has 0 fully saturated rings. The van der Waals surface area contributed by atoms with Gasteiger partial charge in [-0.15, -0.1) is 0 Å². The maximum Gasteiger partial charge on any atom is 0.303 e. The van der Waals surface area contributed by atoms with E-state index in [1.807, 2.05) is 0 Å². The van der Waals surface area contributed by atoms with Crippen molar-refractivity contribution < 1.29 is 53.8 Å². The summed E-state index contributed by atoms with van der Waals surface area (Å²) >= 11 is 0. The molecule has 0 heterocycles. The van der Waals surface area contributed by atoms with Crippen molar-refractivity contribution in [2.45, 2.75) is 96.1 Å². The molecule has 0 amide bonds. The van der Waals surface area contributed by atoms with Crippen LogP contribution in [0.1, 0.15) is 140 Å². The number of allylic oxidation sites excluding steroid dienone is 2. The Bertz CT molecular complexity index is 1380. The minimum Gasteiger partial charge on any atom is -0.481 e. The predicted octanol–water partition coefficient (Wildman–Crippen LogP) is 6.11. The summed E-state index contributed by atoms with van der Waals surface area (Å²) in [6.45, 7) is -2.92. The highest BCUT2D eigenvalue weighted by Gasteiger charge is 1.95. The summed E-state index contributed by atoms with van der Waals surface area (Å²) in [4.78, 5) is 11.3. The topological polar surface area (TPSA) is 37.3 Å². The van der Waals surface area contributed by atoms with Crippen molar-refractivity contribution in [2.24, 2.45) is 0 Å². The van der Waals surface area contributed by atoms with Crippen LogP contribution in [0.3, 0.4) is 0 Å². The van der Waals surface area contributed by atoms with Gasteiger partial charge in [-0.3, -0.25) is 4.79 Å². The maximum absolute atomic E-state index is 11.3. The van der Waals surface area contributed by atoms with Crippen LogP contribution in [0, 0.1) is 0 Å². The Morgan fingerprint density at radius 1 is 0.950 bits per heavy atom. The first-order valence-corrected chi connectivity index (χ1v) is 4.72. The molecular weight excluding hydrogens is 248 g/mol. The lowest BCUT2D eigenvalue weighted by Crippen LogP contribution is -1.93. The Labute approximate surface area is 170 Å². The zero-order valence-corrected chi connectivity index (χ0v) is 9.93. The van der Waals surface area contributed by atoms with Crippen molar-refractivity contribution in [1.82, 2.24) is 0 Å². The van der Waals surface area contributed by atoms with Gasteiger partial charge in [0.05, 0.1) is 2.74 Å². The van der Waals surface area contributed by atoms with Crippen LogP contribution in [0.4, 0.5) is 0 Å². The van der Waals surface area contributed by atoms with Crippen molar-refractivity contribution in [2.75, 3.05) is 0 Å². The molecule has 0 radical (unpaired) electrons. The fourth-order valence-electron chi connectivity index (χ4n) is 0.496. The van der Waals surface area contributed by atoms with E-state index in [9.17, 15) is 4.79 Å². The summed E-state index contributed by atoms with van der Waals surface area (Å²) < 4.78 is 252. The Morgan fingerprint density at radius 2 is 1.45 bits per heavy atom. The van der Waals surface area contributed by atoms with Crippen LogP contribution in [0.15, 0.2) is 12.1 Å². The summed E-state index contributed by atoms with van der Waals surface area (Å²) in [6, 6.07) is -5.06. The van der Waals surface area contributed by atoms with Crippen LogP contribution < -0.4 is 0 Å². The van der Waals surface area contributed by atoms with Gasteiger partial charge in [0.15, 0.2) is 0 Å². The molecule has 0 atom stereocenters. The molecule has 0 spiro atoms. The van der Waals surface area contributed by atoms with Gasteiger partial charge in [0.25, 0.3) is 0 Å². The van der Waals surface area contributed by atoms with Gasteiger partial charge in [0, 0.05) is 47.5 Å². The lowest BCUT2D eigenvalue weighted by molar-refractivity contribution is -0.137. The van der Waals surface area contributed by atoms with E-state index >= 15 is 0 Å². The molecule has 0 unspecified atom stereocenters. The highest BCUT2D eigenvalue weighted by atomic mass is 16.4. The highest BCUT2D eigenvalue weighted by molar-refractivity contribution is 5.66. The minimum absolute atomic E-state index is 2.53. The van der Waals surface area contributed by atoms with Gasteiger partial charge in [-0.05, 0) is 31.9 Å². The molecule has 0 aliphatic rings. The van der Waals surface area contributed by atoms with E-state index in [1.165, 1.54) is 0 Å². The molecule has 1 N–H and O–H groups in total. The van der Waals surface area contributed by atoms with Gasteiger partial charge >= 0.3 is 5.97 Å². The molecule has 2 nitrogen and oxygen atoms in total. The summed E-state index contributed by atoms with van der Waals surface area (Å²) in [5, 5.41) is 9.05. The fourth-order valence-corrected chi connectivity index (χ4v) is 0.496. The third kappa shape index (κ3) is 17.2. The Hall–Kier alpha value is -0.790.